The third kappa shape index (κ3) is 3.98. The lowest BCUT2D eigenvalue weighted by Gasteiger charge is -2.19. The van der Waals surface area contributed by atoms with Crippen LogP contribution in [-0.4, -0.2) is 50.8 Å². The van der Waals surface area contributed by atoms with Gasteiger partial charge in [0.25, 0.3) is 0 Å². The number of hydrogen-bond donors (Lipinski definition) is 0. The standard InChI is InChI=1S/C17H28O4.2H2/c1(6-18-10-12-2-4-14-16(8-12)20-14)7-19-11-13-3-5-15-17(9-13)21-15;;/h12-17H,1-11H2;2*1H. The number of hydrogen-bond acceptors (Lipinski definition) is 4. The molecule has 2 saturated carbocycles. The van der Waals surface area contributed by atoms with E-state index < -0.39 is 0 Å². The summed E-state index contributed by atoms with van der Waals surface area (Å²) in [5, 5.41) is 0. The second kappa shape index (κ2) is 6.53. The molecule has 4 fully saturated rings. The zero-order chi connectivity index (χ0) is 14.1. The van der Waals surface area contributed by atoms with Crippen LogP contribution in [-0.2, 0) is 18.9 Å². The quantitative estimate of drug-likeness (QED) is 0.510. The first-order valence-electron chi connectivity index (χ1n) is 8.85. The van der Waals surface area contributed by atoms with Gasteiger partial charge in [-0.15, -0.1) is 0 Å². The zero-order valence-electron chi connectivity index (χ0n) is 12.9. The summed E-state index contributed by atoms with van der Waals surface area (Å²) in [6.45, 7) is 3.50. The molecule has 2 aliphatic carbocycles. The summed E-state index contributed by atoms with van der Waals surface area (Å²) in [5.41, 5.74) is 0. The molecule has 4 rings (SSSR count). The molecule has 6 unspecified atom stereocenters. The van der Waals surface area contributed by atoms with Crippen LogP contribution in [0.5, 0.6) is 0 Å². The minimum atomic E-state index is 0. The van der Waals surface area contributed by atoms with Gasteiger partial charge in [0.2, 0.25) is 0 Å². The second-order valence-corrected chi connectivity index (χ2v) is 7.29. The van der Waals surface area contributed by atoms with Crippen molar-refractivity contribution < 1.29 is 21.8 Å². The Bertz CT molecular complexity index is 325. The molecule has 0 bridgehead atoms. The molecule has 0 radical (unpaired) electrons. The largest absolute Gasteiger partial charge is 0.381 e. The highest BCUT2D eigenvalue weighted by atomic mass is 16.6. The van der Waals surface area contributed by atoms with Crippen LogP contribution in [0.4, 0.5) is 0 Å². The number of fused-ring (bicyclic) bond motifs is 2. The van der Waals surface area contributed by atoms with Gasteiger partial charge < -0.3 is 18.9 Å². The zero-order valence-corrected chi connectivity index (χ0v) is 12.9. The van der Waals surface area contributed by atoms with E-state index in [1.165, 1.54) is 38.5 Å². The summed E-state index contributed by atoms with van der Waals surface area (Å²) in [5.74, 6) is 1.45. The molecule has 2 heterocycles. The summed E-state index contributed by atoms with van der Waals surface area (Å²) in [4.78, 5) is 0. The maximum absolute atomic E-state index is 5.80. The van der Waals surface area contributed by atoms with Crippen LogP contribution in [0.1, 0.15) is 47.8 Å². The molecule has 0 aromatic rings. The molecule has 0 N–H and O–H groups in total. The SMILES string of the molecule is C(COCC1CCC2OC2C1)COCC1CCC2OC2C1.[HH].[HH]. The summed E-state index contributed by atoms with van der Waals surface area (Å²) >= 11 is 0. The monoisotopic (exact) mass is 300 g/mol. The van der Waals surface area contributed by atoms with Crippen molar-refractivity contribution in [1.82, 2.24) is 0 Å². The fraction of sp³-hybridized carbons (Fsp3) is 1.00. The first-order chi connectivity index (χ1) is 10.4. The molecule has 21 heavy (non-hydrogen) atoms. The molecule has 4 heteroatoms. The lowest BCUT2D eigenvalue weighted by Crippen LogP contribution is -2.20. The van der Waals surface area contributed by atoms with Crippen molar-refractivity contribution in [2.24, 2.45) is 11.8 Å². The van der Waals surface area contributed by atoms with Crippen LogP contribution in [0.3, 0.4) is 0 Å². The van der Waals surface area contributed by atoms with Crippen LogP contribution in [0.15, 0.2) is 0 Å². The van der Waals surface area contributed by atoms with Crippen molar-refractivity contribution in [3.8, 4) is 0 Å². The Morgan fingerprint density at radius 1 is 0.714 bits per heavy atom. The smallest absolute Gasteiger partial charge is 0.0845 e. The van der Waals surface area contributed by atoms with Crippen LogP contribution in [0, 0.1) is 11.8 Å². The van der Waals surface area contributed by atoms with Crippen molar-refractivity contribution in [3.05, 3.63) is 0 Å². The molecular weight excluding hydrogens is 268 g/mol. The Morgan fingerprint density at radius 3 is 1.71 bits per heavy atom. The fourth-order valence-electron chi connectivity index (χ4n) is 4.04. The number of ether oxygens (including phenoxy) is 4. The Balaban J connectivity index is 0.000000960. The van der Waals surface area contributed by atoms with E-state index in [1.54, 1.807) is 0 Å². The molecule has 4 nitrogen and oxygen atoms in total. The van der Waals surface area contributed by atoms with Crippen molar-refractivity contribution >= 4 is 0 Å². The van der Waals surface area contributed by atoms with Crippen molar-refractivity contribution in [2.45, 2.75) is 69.4 Å². The molecule has 0 aromatic carbocycles. The third-order valence-corrected chi connectivity index (χ3v) is 5.51. The molecule has 0 amide bonds. The van der Waals surface area contributed by atoms with E-state index in [-0.39, 0.29) is 2.85 Å². The molecule has 2 saturated heterocycles. The van der Waals surface area contributed by atoms with E-state index in [9.17, 15) is 0 Å². The normalized spacial score (nSPS) is 44.0. The van der Waals surface area contributed by atoms with Crippen molar-refractivity contribution in [1.29, 1.82) is 0 Å². The van der Waals surface area contributed by atoms with E-state index in [4.69, 9.17) is 18.9 Å². The van der Waals surface area contributed by atoms with Gasteiger partial charge in [-0.3, -0.25) is 0 Å². The topological polar surface area (TPSA) is 43.5 Å². The van der Waals surface area contributed by atoms with Crippen LogP contribution in [0.25, 0.3) is 0 Å². The Labute approximate surface area is 130 Å². The van der Waals surface area contributed by atoms with E-state index in [0.717, 1.165) is 44.7 Å². The lowest BCUT2D eigenvalue weighted by atomic mass is 9.90. The average molecular weight is 300 g/mol. The van der Waals surface area contributed by atoms with Crippen LogP contribution < -0.4 is 0 Å². The molecular formula is C17H32O4. The highest BCUT2D eigenvalue weighted by Gasteiger charge is 2.44. The van der Waals surface area contributed by atoms with E-state index in [0.29, 0.717) is 24.4 Å². The maximum Gasteiger partial charge on any atom is 0.0845 e. The van der Waals surface area contributed by atoms with Gasteiger partial charge in [0.15, 0.2) is 0 Å². The minimum Gasteiger partial charge on any atom is -0.381 e. The number of rotatable bonds is 8. The minimum absolute atomic E-state index is 0. The summed E-state index contributed by atoms with van der Waals surface area (Å²) in [6, 6.07) is 0. The van der Waals surface area contributed by atoms with Gasteiger partial charge in [0, 0.05) is 29.3 Å². The second-order valence-electron chi connectivity index (χ2n) is 7.29. The molecule has 6 atom stereocenters. The molecule has 0 spiro atoms. The molecule has 2 aliphatic heterocycles. The highest BCUT2D eigenvalue weighted by Crippen LogP contribution is 2.40. The molecule has 4 aliphatic rings. The maximum atomic E-state index is 5.80. The van der Waals surface area contributed by atoms with E-state index in [2.05, 4.69) is 0 Å². The predicted molar refractivity (Wildman–Crippen MR) is 82.5 cm³/mol. The van der Waals surface area contributed by atoms with Gasteiger partial charge in [-0.1, -0.05) is 0 Å². The third-order valence-electron chi connectivity index (χ3n) is 5.51. The Hall–Kier alpha value is -0.160. The molecule has 124 valence electrons. The molecule has 0 aromatic heterocycles. The summed E-state index contributed by atoms with van der Waals surface area (Å²) < 4.78 is 22.7. The van der Waals surface area contributed by atoms with Crippen LogP contribution in [0.2, 0.25) is 0 Å². The summed E-state index contributed by atoms with van der Waals surface area (Å²) in [7, 11) is 0. The van der Waals surface area contributed by atoms with E-state index >= 15 is 0 Å². The van der Waals surface area contributed by atoms with Gasteiger partial charge in [-0.05, 0) is 56.8 Å². The average Bonchev–Trinajstić information content (AvgIpc) is 3.39. The van der Waals surface area contributed by atoms with Gasteiger partial charge >= 0.3 is 0 Å². The van der Waals surface area contributed by atoms with Crippen molar-refractivity contribution in [2.75, 3.05) is 26.4 Å². The first-order valence-corrected chi connectivity index (χ1v) is 8.85. The number of epoxide rings is 2. The highest BCUT2D eigenvalue weighted by molar-refractivity contribution is 4.92. The Kier molecular flexibility index (Phi) is 4.49. The van der Waals surface area contributed by atoms with Crippen LogP contribution >= 0.6 is 0 Å². The lowest BCUT2D eigenvalue weighted by molar-refractivity contribution is 0.0465. The predicted octanol–water partition coefficient (Wildman–Crippen LogP) is 3.04. The van der Waals surface area contributed by atoms with Gasteiger partial charge in [0.1, 0.15) is 0 Å². The fourth-order valence-corrected chi connectivity index (χ4v) is 4.04. The van der Waals surface area contributed by atoms with Gasteiger partial charge in [0.05, 0.1) is 24.4 Å². The first kappa shape index (κ1) is 14.4. The van der Waals surface area contributed by atoms with Crippen molar-refractivity contribution in [3.63, 3.8) is 0 Å². The Morgan fingerprint density at radius 2 is 1.24 bits per heavy atom. The van der Waals surface area contributed by atoms with Gasteiger partial charge in [-0.25, -0.2) is 0 Å². The van der Waals surface area contributed by atoms with E-state index in [1.807, 2.05) is 0 Å². The van der Waals surface area contributed by atoms with Gasteiger partial charge in [-0.2, -0.15) is 0 Å². The summed E-state index contributed by atoms with van der Waals surface area (Å²) in [6.07, 6.45) is 10.8.